The molecule has 2 rings (SSSR count). The summed E-state index contributed by atoms with van der Waals surface area (Å²) in [6.07, 6.45) is 6.37. The fraction of sp³-hybridized carbons (Fsp3) is 1.00. The average Bonchev–Trinajstić information content (AvgIpc) is 2.04. The zero-order valence-electron chi connectivity index (χ0n) is 7.56. The Morgan fingerprint density at radius 2 is 1.91 bits per heavy atom. The molecule has 0 aromatic carbocycles. The van der Waals surface area contributed by atoms with Gasteiger partial charge in [0, 0.05) is 0 Å². The van der Waals surface area contributed by atoms with Gasteiger partial charge in [0.2, 0.25) is 0 Å². The van der Waals surface area contributed by atoms with Crippen molar-refractivity contribution in [2.45, 2.75) is 51.6 Å². The van der Waals surface area contributed by atoms with Crippen LogP contribution in [0.15, 0.2) is 0 Å². The highest BCUT2D eigenvalue weighted by atomic mass is 16.3. The van der Waals surface area contributed by atoms with E-state index in [9.17, 15) is 5.11 Å². The molecule has 11 heavy (non-hydrogen) atoms. The monoisotopic (exact) mass is 154 g/mol. The van der Waals surface area contributed by atoms with Crippen LogP contribution in [0.25, 0.3) is 0 Å². The standard InChI is InChI=1S/C10H18O/c1-8-4-7-10(5-3-6-10)9(8,2)11/h8,11H,3-7H2,1-2H3/t8-,9+/m0/s1. The molecule has 2 aliphatic rings. The first-order valence-corrected chi connectivity index (χ1v) is 4.81. The first-order valence-electron chi connectivity index (χ1n) is 4.81. The van der Waals surface area contributed by atoms with E-state index in [0.29, 0.717) is 11.3 Å². The van der Waals surface area contributed by atoms with Crippen LogP contribution in [0.5, 0.6) is 0 Å². The summed E-state index contributed by atoms with van der Waals surface area (Å²) in [5, 5.41) is 10.2. The third-order valence-electron chi connectivity index (χ3n) is 4.40. The Labute approximate surface area is 68.8 Å². The summed E-state index contributed by atoms with van der Waals surface area (Å²) < 4.78 is 0. The summed E-state index contributed by atoms with van der Waals surface area (Å²) in [5.41, 5.74) is -0.0162. The zero-order valence-corrected chi connectivity index (χ0v) is 7.56. The highest BCUT2D eigenvalue weighted by Gasteiger charge is 2.57. The normalized spacial score (nSPS) is 47.7. The largest absolute Gasteiger partial charge is 0.389 e. The topological polar surface area (TPSA) is 20.2 Å². The second-order valence-electron chi connectivity index (χ2n) is 4.72. The SMILES string of the molecule is C[C@H]1CCC2(CCC2)[C@]1(C)O. The summed E-state index contributed by atoms with van der Waals surface area (Å²) >= 11 is 0. The number of hydrogen-bond donors (Lipinski definition) is 1. The number of rotatable bonds is 0. The van der Waals surface area contributed by atoms with E-state index in [4.69, 9.17) is 0 Å². The predicted octanol–water partition coefficient (Wildman–Crippen LogP) is 2.34. The molecule has 1 nitrogen and oxygen atoms in total. The highest BCUT2D eigenvalue weighted by molar-refractivity contribution is 5.08. The van der Waals surface area contributed by atoms with Gasteiger partial charge in [0.05, 0.1) is 5.60 Å². The summed E-state index contributed by atoms with van der Waals surface area (Å²) in [6.45, 7) is 4.23. The van der Waals surface area contributed by atoms with Gasteiger partial charge in [0.1, 0.15) is 0 Å². The molecule has 2 saturated carbocycles. The highest BCUT2D eigenvalue weighted by Crippen LogP contribution is 2.60. The molecule has 1 heteroatoms. The molecule has 0 unspecified atom stereocenters. The van der Waals surface area contributed by atoms with E-state index < -0.39 is 0 Å². The fourth-order valence-electron chi connectivity index (χ4n) is 2.91. The van der Waals surface area contributed by atoms with Crippen molar-refractivity contribution in [3.8, 4) is 0 Å². The van der Waals surface area contributed by atoms with Gasteiger partial charge in [-0.2, -0.15) is 0 Å². The Morgan fingerprint density at radius 3 is 2.09 bits per heavy atom. The lowest BCUT2D eigenvalue weighted by Gasteiger charge is -2.49. The molecule has 1 N–H and O–H groups in total. The predicted molar refractivity (Wildman–Crippen MR) is 45.3 cm³/mol. The van der Waals surface area contributed by atoms with Gasteiger partial charge in [0.25, 0.3) is 0 Å². The fourth-order valence-corrected chi connectivity index (χ4v) is 2.91. The first-order chi connectivity index (χ1) is 5.08. The minimum atomic E-state index is -0.356. The molecule has 0 bridgehead atoms. The molecule has 64 valence electrons. The lowest BCUT2D eigenvalue weighted by molar-refractivity contribution is -0.111. The molecule has 1 spiro atoms. The quantitative estimate of drug-likeness (QED) is 0.568. The summed E-state index contributed by atoms with van der Waals surface area (Å²) in [6, 6.07) is 0. The molecule has 2 fully saturated rings. The van der Waals surface area contributed by atoms with Crippen molar-refractivity contribution in [2.24, 2.45) is 11.3 Å². The minimum Gasteiger partial charge on any atom is -0.389 e. The van der Waals surface area contributed by atoms with Crippen LogP contribution >= 0.6 is 0 Å². The molecular formula is C10H18O. The maximum atomic E-state index is 10.2. The maximum absolute atomic E-state index is 10.2. The summed E-state index contributed by atoms with van der Waals surface area (Å²) in [5.74, 6) is 0.516. The second-order valence-corrected chi connectivity index (χ2v) is 4.72. The lowest BCUT2D eigenvalue weighted by Crippen LogP contribution is -2.49. The van der Waals surface area contributed by atoms with Crippen LogP contribution in [-0.2, 0) is 0 Å². The van der Waals surface area contributed by atoms with Crippen LogP contribution in [0.4, 0.5) is 0 Å². The van der Waals surface area contributed by atoms with Crippen molar-refractivity contribution >= 4 is 0 Å². The molecule has 0 heterocycles. The van der Waals surface area contributed by atoms with E-state index in [1.165, 1.54) is 32.1 Å². The Morgan fingerprint density at radius 1 is 1.27 bits per heavy atom. The Kier molecular flexibility index (Phi) is 1.39. The van der Waals surface area contributed by atoms with E-state index in [-0.39, 0.29) is 5.60 Å². The number of aliphatic hydroxyl groups is 1. The molecule has 0 aliphatic heterocycles. The second kappa shape index (κ2) is 2.01. The van der Waals surface area contributed by atoms with Crippen LogP contribution in [0.3, 0.4) is 0 Å². The van der Waals surface area contributed by atoms with Gasteiger partial charge in [-0.15, -0.1) is 0 Å². The maximum Gasteiger partial charge on any atom is 0.0701 e. The van der Waals surface area contributed by atoms with Gasteiger partial charge in [-0.05, 0) is 43.9 Å². The van der Waals surface area contributed by atoms with E-state index in [1.54, 1.807) is 0 Å². The molecule has 0 aromatic rings. The van der Waals surface area contributed by atoms with Gasteiger partial charge in [-0.1, -0.05) is 13.3 Å². The third kappa shape index (κ3) is 0.752. The van der Waals surface area contributed by atoms with Gasteiger partial charge in [-0.25, -0.2) is 0 Å². The molecular weight excluding hydrogens is 136 g/mol. The van der Waals surface area contributed by atoms with Gasteiger partial charge in [0.15, 0.2) is 0 Å². The van der Waals surface area contributed by atoms with E-state index in [2.05, 4.69) is 6.92 Å². The van der Waals surface area contributed by atoms with E-state index >= 15 is 0 Å². The lowest BCUT2D eigenvalue weighted by atomic mass is 9.60. The number of hydrogen-bond acceptors (Lipinski definition) is 1. The van der Waals surface area contributed by atoms with Crippen molar-refractivity contribution in [1.29, 1.82) is 0 Å². The van der Waals surface area contributed by atoms with Gasteiger partial charge in [-0.3, -0.25) is 0 Å². The molecule has 2 atom stereocenters. The van der Waals surface area contributed by atoms with Crippen LogP contribution in [0, 0.1) is 11.3 Å². The summed E-state index contributed by atoms with van der Waals surface area (Å²) in [7, 11) is 0. The van der Waals surface area contributed by atoms with E-state index in [1.807, 2.05) is 6.92 Å². The molecule has 2 aliphatic carbocycles. The Balaban J connectivity index is 2.24. The van der Waals surface area contributed by atoms with Crippen molar-refractivity contribution in [3.63, 3.8) is 0 Å². The van der Waals surface area contributed by atoms with Crippen molar-refractivity contribution in [3.05, 3.63) is 0 Å². The minimum absolute atomic E-state index is 0.340. The molecule has 0 aromatic heterocycles. The van der Waals surface area contributed by atoms with Crippen LogP contribution in [0.2, 0.25) is 0 Å². The van der Waals surface area contributed by atoms with Gasteiger partial charge < -0.3 is 5.11 Å². The average molecular weight is 154 g/mol. The Hall–Kier alpha value is -0.0400. The summed E-state index contributed by atoms with van der Waals surface area (Å²) in [4.78, 5) is 0. The zero-order chi connectivity index (χ0) is 8.11. The van der Waals surface area contributed by atoms with Crippen molar-refractivity contribution in [1.82, 2.24) is 0 Å². The smallest absolute Gasteiger partial charge is 0.0701 e. The molecule has 0 amide bonds. The molecule has 0 radical (unpaired) electrons. The van der Waals surface area contributed by atoms with Crippen LogP contribution < -0.4 is 0 Å². The van der Waals surface area contributed by atoms with Crippen molar-refractivity contribution < 1.29 is 5.11 Å². The first kappa shape index (κ1) is 7.60. The van der Waals surface area contributed by atoms with Crippen LogP contribution in [-0.4, -0.2) is 10.7 Å². The van der Waals surface area contributed by atoms with Crippen LogP contribution in [0.1, 0.15) is 46.0 Å². The van der Waals surface area contributed by atoms with E-state index in [0.717, 1.165) is 0 Å². The molecule has 0 saturated heterocycles. The van der Waals surface area contributed by atoms with Gasteiger partial charge >= 0.3 is 0 Å². The third-order valence-corrected chi connectivity index (χ3v) is 4.40. The van der Waals surface area contributed by atoms with Crippen molar-refractivity contribution in [2.75, 3.05) is 0 Å². The Bertz CT molecular complexity index is 168.